The molecule has 7 heteroatoms. The molecule has 78 valence electrons. The molecule has 1 aromatic rings. The average Bonchev–Trinajstić information content (AvgIpc) is 2.30. The maximum absolute atomic E-state index is 11.1. The number of rotatable bonds is 1. The van der Waals surface area contributed by atoms with Gasteiger partial charge in [-0.25, -0.2) is 9.59 Å². The van der Waals surface area contributed by atoms with Gasteiger partial charge in [0.2, 0.25) is 0 Å². The van der Waals surface area contributed by atoms with Crippen molar-refractivity contribution in [1.82, 2.24) is 10.1 Å². The van der Waals surface area contributed by atoms with Crippen molar-refractivity contribution in [1.29, 1.82) is 0 Å². The molecule has 14 heavy (non-hydrogen) atoms. The topological polar surface area (TPSA) is 97.2 Å². The van der Waals surface area contributed by atoms with Gasteiger partial charge >= 0.3 is 11.8 Å². The SMILES string of the molecule is CC(C)(C)OC(=O)Nc1noc(=O)[nH]1. The molecule has 0 spiro atoms. The van der Waals surface area contributed by atoms with Crippen LogP contribution in [0.3, 0.4) is 0 Å². The normalized spacial score (nSPS) is 11.1. The molecule has 0 atom stereocenters. The number of aromatic nitrogens is 2. The molecule has 1 heterocycles. The summed E-state index contributed by atoms with van der Waals surface area (Å²) in [5.74, 6) is -0.819. The van der Waals surface area contributed by atoms with Gasteiger partial charge in [0.15, 0.2) is 0 Å². The Labute approximate surface area is 79.4 Å². The van der Waals surface area contributed by atoms with Crippen LogP contribution in [0.5, 0.6) is 0 Å². The molecule has 0 aromatic carbocycles. The van der Waals surface area contributed by atoms with Gasteiger partial charge in [-0.2, -0.15) is 0 Å². The van der Waals surface area contributed by atoms with E-state index in [1.54, 1.807) is 20.8 Å². The number of ether oxygens (including phenoxy) is 1. The van der Waals surface area contributed by atoms with Crippen molar-refractivity contribution in [3.05, 3.63) is 10.6 Å². The van der Waals surface area contributed by atoms with Crippen molar-refractivity contribution in [2.24, 2.45) is 0 Å². The molecule has 2 N–H and O–H groups in total. The van der Waals surface area contributed by atoms with Crippen molar-refractivity contribution < 1.29 is 14.1 Å². The Hall–Kier alpha value is -1.79. The van der Waals surface area contributed by atoms with Crippen LogP contribution in [0.25, 0.3) is 0 Å². The monoisotopic (exact) mass is 201 g/mol. The number of nitrogens with zero attached hydrogens (tertiary/aromatic N) is 1. The van der Waals surface area contributed by atoms with Gasteiger partial charge in [-0.15, -0.1) is 0 Å². The van der Waals surface area contributed by atoms with E-state index in [0.29, 0.717) is 0 Å². The third-order valence-corrected chi connectivity index (χ3v) is 1.06. The largest absolute Gasteiger partial charge is 0.444 e. The molecule has 0 aliphatic carbocycles. The fourth-order valence-corrected chi connectivity index (χ4v) is 0.684. The predicted octanol–water partition coefficient (Wildman–Crippen LogP) is 0.710. The molecule has 0 radical (unpaired) electrons. The first-order valence-corrected chi connectivity index (χ1v) is 3.93. The fraction of sp³-hybridized carbons (Fsp3) is 0.571. The van der Waals surface area contributed by atoms with Crippen LogP contribution in [-0.4, -0.2) is 21.8 Å². The maximum Gasteiger partial charge on any atom is 0.440 e. The summed E-state index contributed by atoms with van der Waals surface area (Å²) < 4.78 is 9.06. The van der Waals surface area contributed by atoms with E-state index in [1.807, 2.05) is 0 Å². The minimum absolute atomic E-state index is 0.0794. The highest BCUT2D eigenvalue weighted by Gasteiger charge is 2.17. The first kappa shape index (κ1) is 10.3. The quantitative estimate of drug-likeness (QED) is 0.697. The van der Waals surface area contributed by atoms with Gasteiger partial charge < -0.3 is 4.74 Å². The summed E-state index contributed by atoms with van der Waals surface area (Å²) in [6.45, 7) is 5.16. The molecule has 0 unspecified atom stereocenters. The summed E-state index contributed by atoms with van der Waals surface area (Å²) in [7, 11) is 0. The third-order valence-electron chi connectivity index (χ3n) is 1.06. The van der Waals surface area contributed by atoms with Crippen molar-refractivity contribution in [3.63, 3.8) is 0 Å². The van der Waals surface area contributed by atoms with Crippen molar-refractivity contribution >= 4 is 12.0 Å². The summed E-state index contributed by atoms with van der Waals surface area (Å²) >= 11 is 0. The maximum atomic E-state index is 11.1. The van der Waals surface area contributed by atoms with Gasteiger partial charge in [-0.1, -0.05) is 0 Å². The molecule has 0 bridgehead atoms. The van der Waals surface area contributed by atoms with Crippen LogP contribution >= 0.6 is 0 Å². The van der Waals surface area contributed by atoms with Crippen LogP contribution in [0, 0.1) is 0 Å². The summed E-state index contributed by atoms with van der Waals surface area (Å²) in [5.41, 5.74) is -0.603. The lowest BCUT2D eigenvalue weighted by Gasteiger charge is -2.18. The second kappa shape index (κ2) is 3.52. The smallest absolute Gasteiger partial charge is 0.440 e. The Kier molecular flexibility index (Phi) is 2.59. The molecule has 1 rings (SSSR count). The van der Waals surface area contributed by atoms with Crippen LogP contribution in [0.2, 0.25) is 0 Å². The second-order valence-corrected chi connectivity index (χ2v) is 3.57. The third kappa shape index (κ3) is 3.30. The van der Waals surface area contributed by atoms with Crippen molar-refractivity contribution in [3.8, 4) is 0 Å². The number of H-pyrrole nitrogens is 1. The highest BCUT2D eigenvalue weighted by molar-refractivity contribution is 5.82. The number of amides is 1. The number of aromatic amines is 1. The van der Waals surface area contributed by atoms with Gasteiger partial charge in [-0.3, -0.25) is 14.8 Å². The number of hydrogen-bond acceptors (Lipinski definition) is 5. The van der Waals surface area contributed by atoms with Gasteiger partial charge in [-0.05, 0) is 25.9 Å². The number of hydrogen-bond donors (Lipinski definition) is 2. The highest BCUT2D eigenvalue weighted by atomic mass is 16.6. The van der Waals surface area contributed by atoms with Gasteiger partial charge in [0, 0.05) is 0 Å². The first-order valence-electron chi connectivity index (χ1n) is 3.93. The highest BCUT2D eigenvalue weighted by Crippen LogP contribution is 2.07. The summed E-state index contributed by atoms with van der Waals surface area (Å²) in [6.07, 6.45) is -0.706. The minimum atomic E-state index is -0.740. The number of carbonyl (C=O) groups excluding carboxylic acids is 1. The molecule has 0 aliphatic rings. The van der Waals surface area contributed by atoms with E-state index in [1.165, 1.54) is 0 Å². The summed E-state index contributed by atoms with van der Waals surface area (Å²) in [6, 6.07) is 0. The Balaban J connectivity index is 2.54. The number of carbonyl (C=O) groups is 1. The van der Waals surface area contributed by atoms with Crippen LogP contribution < -0.4 is 11.1 Å². The number of anilines is 1. The standard InChI is InChI=1S/C7H11N3O4/c1-7(2,3)13-5(11)8-4-9-6(12)14-10-4/h1-3H3,(H2,8,9,10,11,12). The van der Waals surface area contributed by atoms with E-state index in [2.05, 4.69) is 20.0 Å². The van der Waals surface area contributed by atoms with E-state index in [4.69, 9.17) is 4.74 Å². The molecule has 0 saturated carbocycles. The van der Waals surface area contributed by atoms with E-state index in [-0.39, 0.29) is 5.95 Å². The zero-order chi connectivity index (χ0) is 10.8. The number of nitrogens with one attached hydrogen (secondary N) is 2. The summed E-state index contributed by atoms with van der Waals surface area (Å²) in [5, 5.41) is 5.43. The molecule has 0 saturated heterocycles. The summed E-state index contributed by atoms with van der Waals surface area (Å²) in [4.78, 5) is 23.7. The Morgan fingerprint density at radius 3 is 2.64 bits per heavy atom. The van der Waals surface area contributed by atoms with Gasteiger partial charge in [0.25, 0.3) is 5.95 Å². The molecular formula is C7H11N3O4. The van der Waals surface area contributed by atoms with E-state index in [0.717, 1.165) is 0 Å². The fourth-order valence-electron chi connectivity index (χ4n) is 0.684. The van der Waals surface area contributed by atoms with E-state index in [9.17, 15) is 9.59 Å². The van der Waals surface area contributed by atoms with Gasteiger partial charge in [0.05, 0.1) is 0 Å². The van der Waals surface area contributed by atoms with Crippen LogP contribution in [0.1, 0.15) is 20.8 Å². The predicted molar refractivity (Wildman–Crippen MR) is 47.0 cm³/mol. The van der Waals surface area contributed by atoms with E-state index >= 15 is 0 Å². The second-order valence-electron chi connectivity index (χ2n) is 3.57. The van der Waals surface area contributed by atoms with Crippen molar-refractivity contribution in [2.45, 2.75) is 26.4 Å². The molecule has 7 nitrogen and oxygen atoms in total. The average molecular weight is 201 g/mol. The Bertz CT molecular complexity index is 373. The van der Waals surface area contributed by atoms with Crippen LogP contribution in [0.4, 0.5) is 10.7 Å². The zero-order valence-electron chi connectivity index (χ0n) is 8.08. The van der Waals surface area contributed by atoms with E-state index < -0.39 is 17.5 Å². The molecular weight excluding hydrogens is 190 g/mol. The lowest BCUT2D eigenvalue weighted by molar-refractivity contribution is 0.0634. The molecule has 0 fully saturated rings. The Morgan fingerprint density at radius 1 is 1.57 bits per heavy atom. The van der Waals surface area contributed by atoms with Crippen LogP contribution in [-0.2, 0) is 4.74 Å². The van der Waals surface area contributed by atoms with Crippen molar-refractivity contribution in [2.75, 3.05) is 5.32 Å². The lowest BCUT2D eigenvalue weighted by atomic mass is 10.2. The van der Waals surface area contributed by atoms with Gasteiger partial charge in [0.1, 0.15) is 5.60 Å². The molecule has 1 aromatic heterocycles. The van der Waals surface area contributed by atoms with Crippen LogP contribution in [0.15, 0.2) is 9.32 Å². The zero-order valence-corrected chi connectivity index (χ0v) is 8.08. The molecule has 1 amide bonds. The lowest BCUT2D eigenvalue weighted by Crippen LogP contribution is -2.27. The minimum Gasteiger partial charge on any atom is -0.444 e. The first-order chi connectivity index (χ1) is 6.37. The Morgan fingerprint density at radius 2 is 2.21 bits per heavy atom. The molecule has 0 aliphatic heterocycles.